The molecular weight excluding hydrogens is 298 g/mol. The molecule has 0 aliphatic heterocycles. The maximum atomic E-state index is 10.9. The van der Waals surface area contributed by atoms with E-state index in [1.807, 2.05) is 12.1 Å². The third-order valence-electron chi connectivity index (χ3n) is 1.95. The van der Waals surface area contributed by atoms with Crippen LogP contribution in [0.25, 0.3) is 0 Å². The van der Waals surface area contributed by atoms with E-state index in [2.05, 4.69) is 5.32 Å². The van der Waals surface area contributed by atoms with Crippen molar-refractivity contribution >= 4 is 44.5 Å². The molecule has 3 nitrogen and oxygen atoms in total. The molecule has 0 saturated heterocycles. The third kappa shape index (κ3) is 8.05. The van der Waals surface area contributed by atoms with Crippen LogP contribution in [0, 0.1) is 0 Å². The van der Waals surface area contributed by atoms with Gasteiger partial charge in [0, 0.05) is 35.7 Å². The molecule has 0 aliphatic rings. The van der Waals surface area contributed by atoms with Gasteiger partial charge in [0.15, 0.2) is 0 Å². The van der Waals surface area contributed by atoms with Crippen LogP contribution in [0.15, 0.2) is 12.1 Å². The molecule has 0 fully saturated rings. The van der Waals surface area contributed by atoms with Crippen LogP contribution >= 0.6 is 34.7 Å². The number of thiophene rings is 1. The number of sulfone groups is 1. The summed E-state index contributed by atoms with van der Waals surface area (Å²) in [6.07, 6.45) is 1.27. The molecule has 0 radical (unpaired) electrons. The van der Waals surface area contributed by atoms with Crippen molar-refractivity contribution in [1.29, 1.82) is 0 Å². The molecule has 0 saturated carbocycles. The molecule has 0 amide bonds. The molecule has 1 heterocycles. The highest BCUT2D eigenvalue weighted by molar-refractivity contribution is 8.00. The monoisotopic (exact) mass is 313 g/mol. The summed E-state index contributed by atoms with van der Waals surface area (Å²) in [6, 6.07) is 3.90. The first-order chi connectivity index (χ1) is 7.97. The molecule has 7 heteroatoms. The number of nitrogens with one attached hydrogen (secondary N) is 1. The van der Waals surface area contributed by atoms with E-state index in [0.717, 1.165) is 23.2 Å². The minimum absolute atomic E-state index is 0.262. The summed E-state index contributed by atoms with van der Waals surface area (Å²) in [7, 11) is -2.81. The van der Waals surface area contributed by atoms with Crippen molar-refractivity contribution in [2.45, 2.75) is 6.54 Å². The average Bonchev–Trinajstić information content (AvgIpc) is 2.61. The minimum atomic E-state index is -2.81. The summed E-state index contributed by atoms with van der Waals surface area (Å²) in [6.45, 7) is 1.70. The fourth-order valence-corrected chi connectivity index (χ4v) is 4.35. The van der Waals surface area contributed by atoms with Crippen LogP contribution in [0.4, 0.5) is 0 Å². The van der Waals surface area contributed by atoms with Gasteiger partial charge in [0.1, 0.15) is 9.84 Å². The maximum absolute atomic E-state index is 10.9. The molecule has 0 aromatic carbocycles. The highest BCUT2D eigenvalue weighted by Gasteiger charge is 2.01. The van der Waals surface area contributed by atoms with Crippen molar-refractivity contribution in [2.24, 2.45) is 0 Å². The van der Waals surface area contributed by atoms with Gasteiger partial charge in [0.25, 0.3) is 0 Å². The second-order valence-electron chi connectivity index (χ2n) is 3.62. The number of thioether (sulfide) groups is 1. The zero-order valence-corrected chi connectivity index (χ0v) is 12.8. The Morgan fingerprint density at radius 1 is 1.41 bits per heavy atom. The Balaban J connectivity index is 1.98. The molecule has 0 bridgehead atoms. The van der Waals surface area contributed by atoms with Gasteiger partial charge in [-0.3, -0.25) is 0 Å². The molecule has 0 atom stereocenters. The summed E-state index contributed by atoms with van der Waals surface area (Å²) in [5.74, 6) is 1.86. The lowest BCUT2D eigenvalue weighted by molar-refractivity contribution is 0.603. The van der Waals surface area contributed by atoms with Crippen molar-refractivity contribution in [3.63, 3.8) is 0 Å². The lowest BCUT2D eigenvalue weighted by Crippen LogP contribution is -2.16. The van der Waals surface area contributed by atoms with Crippen LogP contribution in [-0.4, -0.2) is 38.5 Å². The first-order valence-corrected chi connectivity index (χ1v) is 9.59. The fourth-order valence-electron chi connectivity index (χ4n) is 1.12. The highest BCUT2D eigenvalue weighted by Crippen LogP contribution is 2.20. The van der Waals surface area contributed by atoms with Crippen molar-refractivity contribution in [2.75, 3.05) is 30.1 Å². The van der Waals surface area contributed by atoms with E-state index >= 15 is 0 Å². The summed E-state index contributed by atoms with van der Waals surface area (Å²) < 4.78 is 22.5. The van der Waals surface area contributed by atoms with Crippen molar-refractivity contribution in [3.05, 3.63) is 21.3 Å². The zero-order chi connectivity index (χ0) is 12.7. The van der Waals surface area contributed by atoms with Gasteiger partial charge < -0.3 is 5.32 Å². The first-order valence-electron chi connectivity index (χ1n) is 5.18. The second-order valence-corrected chi connectivity index (χ2v) is 8.91. The Bertz CT molecular complexity index is 431. The molecule has 1 N–H and O–H groups in total. The molecule has 0 unspecified atom stereocenters. The summed E-state index contributed by atoms with van der Waals surface area (Å²) in [5.41, 5.74) is 0. The van der Waals surface area contributed by atoms with Gasteiger partial charge >= 0.3 is 0 Å². The van der Waals surface area contributed by atoms with E-state index in [0.29, 0.717) is 5.75 Å². The molecule has 17 heavy (non-hydrogen) atoms. The van der Waals surface area contributed by atoms with Crippen LogP contribution < -0.4 is 5.32 Å². The lowest BCUT2D eigenvalue weighted by Gasteiger charge is -2.02. The van der Waals surface area contributed by atoms with Gasteiger partial charge in [0.05, 0.1) is 10.1 Å². The van der Waals surface area contributed by atoms with Gasteiger partial charge in [-0.1, -0.05) is 11.6 Å². The predicted molar refractivity (Wildman–Crippen MR) is 78.1 cm³/mol. The Morgan fingerprint density at radius 3 is 2.76 bits per heavy atom. The molecule has 1 rings (SSSR count). The van der Waals surface area contributed by atoms with Crippen LogP contribution in [0.5, 0.6) is 0 Å². The van der Waals surface area contributed by atoms with Gasteiger partial charge in [-0.25, -0.2) is 8.42 Å². The predicted octanol–water partition coefficient (Wildman–Crippen LogP) is 2.27. The van der Waals surface area contributed by atoms with Crippen LogP contribution in [-0.2, 0) is 16.4 Å². The number of rotatable bonds is 8. The number of halogens is 1. The van der Waals surface area contributed by atoms with Gasteiger partial charge in [-0.2, -0.15) is 11.8 Å². The molecule has 1 aromatic rings. The van der Waals surface area contributed by atoms with Crippen LogP contribution in [0.2, 0.25) is 4.34 Å². The quantitative estimate of drug-likeness (QED) is 0.748. The topological polar surface area (TPSA) is 46.2 Å². The van der Waals surface area contributed by atoms with Crippen LogP contribution in [0.3, 0.4) is 0 Å². The minimum Gasteiger partial charge on any atom is -0.311 e. The first kappa shape index (κ1) is 15.3. The largest absolute Gasteiger partial charge is 0.311 e. The second kappa shape index (κ2) is 7.63. The maximum Gasteiger partial charge on any atom is 0.148 e. The zero-order valence-electron chi connectivity index (χ0n) is 9.61. The Hall–Kier alpha value is 0.250. The van der Waals surface area contributed by atoms with E-state index in [1.165, 1.54) is 11.1 Å². The standard InChI is InChI=1S/C10H16ClNO2S3/c1-17(13,14)7-6-15-5-4-12-8-9-2-3-10(11)16-9/h2-3,12H,4-8H2,1H3. The molecular formula is C10H16ClNO2S3. The van der Waals surface area contributed by atoms with E-state index in [1.54, 1.807) is 23.1 Å². The van der Waals surface area contributed by atoms with Gasteiger partial charge in [-0.05, 0) is 12.1 Å². The van der Waals surface area contributed by atoms with Gasteiger partial charge in [-0.15, -0.1) is 11.3 Å². The Kier molecular flexibility index (Phi) is 6.87. The van der Waals surface area contributed by atoms with E-state index in [4.69, 9.17) is 11.6 Å². The van der Waals surface area contributed by atoms with E-state index in [-0.39, 0.29) is 5.75 Å². The summed E-state index contributed by atoms with van der Waals surface area (Å²) >= 11 is 9.05. The number of hydrogen-bond donors (Lipinski definition) is 1. The average molecular weight is 314 g/mol. The third-order valence-corrected chi connectivity index (χ3v) is 5.37. The van der Waals surface area contributed by atoms with E-state index < -0.39 is 9.84 Å². The van der Waals surface area contributed by atoms with Gasteiger partial charge in [0.2, 0.25) is 0 Å². The Morgan fingerprint density at radius 2 is 2.18 bits per heavy atom. The van der Waals surface area contributed by atoms with Crippen LogP contribution in [0.1, 0.15) is 4.88 Å². The lowest BCUT2D eigenvalue weighted by atomic mass is 10.4. The Labute approximate surface area is 116 Å². The normalized spacial score (nSPS) is 11.9. The molecule has 98 valence electrons. The highest BCUT2D eigenvalue weighted by atomic mass is 35.5. The fraction of sp³-hybridized carbons (Fsp3) is 0.600. The molecule has 0 spiro atoms. The SMILES string of the molecule is CS(=O)(=O)CCSCCNCc1ccc(Cl)s1. The summed E-state index contributed by atoms with van der Waals surface area (Å²) in [4.78, 5) is 1.22. The number of hydrogen-bond acceptors (Lipinski definition) is 5. The molecule has 0 aliphatic carbocycles. The van der Waals surface area contributed by atoms with Crippen molar-refractivity contribution in [1.82, 2.24) is 5.32 Å². The van der Waals surface area contributed by atoms with Crippen molar-refractivity contribution < 1.29 is 8.42 Å². The smallest absolute Gasteiger partial charge is 0.148 e. The van der Waals surface area contributed by atoms with Crippen molar-refractivity contribution in [3.8, 4) is 0 Å². The summed E-state index contributed by atoms with van der Waals surface area (Å²) in [5, 5.41) is 3.29. The van der Waals surface area contributed by atoms with E-state index in [9.17, 15) is 8.42 Å². The molecule has 1 aromatic heterocycles.